The van der Waals surface area contributed by atoms with Gasteiger partial charge in [0.25, 0.3) is 0 Å². The first-order valence-electron chi connectivity index (χ1n) is 7.32. The average Bonchev–Trinajstić information content (AvgIpc) is 2.65. The zero-order chi connectivity index (χ0) is 13.9. The summed E-state index contributed by atoms with van der Waals surface area (Å²) < 4.78 is 5.00. The smallest absolute Gasteiger partial charge is 0.306 e. The Morgan fingerprint density at radius 3 is 2.37 bits per heavy atom. The van der Waals surface area contributed by atoms with Crippen LogP contribution in [-0.4, -0.2) is 24.0 Å². The van der Waals surface area contributed by atoms with Gasteiger partial charge in [0.1, 0.15) is 0 Å². The molecule has 2 aliphatic rings. The Kier molecular flexibility index (Phi) is 4.42. The Hall–Kier alpha value is -1.13. The lowest BCUT2D eigenvalue weighted by molar-refractivity contribution is -0.497. The molecule has 2 fully saturated rings. The molecule has 0 heterocycles. The number of fused-ring (bicyclic) bond motifs is 1. The highest BCUT2D eigenvalue weighted by Crippen LogP contribution is 2.53. The molecule has 108 valence electrons. The van der Waals surface area contributed by atoms with Crippen LogP contribution >= 0.6 is 0 Å². The predicted molar refractivity (Wildman–Crippen MR) is 70.2 cm³/mol. The molecule has 2 rings (SSSR count). The van der Waals surface area contributed by atoms with Gasteiger partial charge in [-0.1, -0.05) is 25.7 Å². The molecule has 0 amide bonds. The fourth-order valence-electron chi connectivity index (χ4n) is 4.14. The molecule has 0 saturated heterocycles. The van der Waals surface area contributed by atoms with E-state index < -0.39 is 5.41 Å². The van der Waals surface area contributed by atoms with E-state index >= 15 is 0 Å². The van der Waals surface area contributed by atoms with Crippen LogP contribution in [0.3, 0.4) is 0 Å². The summed E-state index contributed by atoms with van der Waals surface area (Å²) in [5.41, 5.74) is -0.449. The second kappa shape index (κ2) is 5.88. The second-order valence-corrected chi connectivity index (χ2v) is 6.19. The van der Waals surface area contributed by atoms with E-state index in [1.54, 1.807) is 6.92 Å². The number of nitrogens with zero attached hydrogens (tertiary/aromatic N) is 1. The molecular formula is C14H23NO4. The third-order valence-electron chi connectivity index (χ3n) is 4.75. The van der Waals surface area contributed by atoms with Gasteiger partial charge in [-0.05, 0) is 31.6 Å². The van der Waals surface area contributed by atoms with Crippen LogP contribution in [0.2, 0.25) is 0 Å². The van der Waals surface area contributed by atoms with Gasteiger partial charge in [-0.15, -0.1) is 0 Å². The van der Waals surface area contributed by atoms with Crippen LogP contribution in [-0.2, 0) is 9.53 Å². The first kappa shape index (κ1) is 14.3. The van der Waals surface area contributed by atoms with Crippen molar-refractivity contribution in [3.63, 3.8) is 0 Å². The molecule has 0 unspecified atom stereocenters. The van der Waals surface area contributed by atoms with Gasteiger partial charge >= 0.3 is 5.97 Å². The van der Waals surface area contributed by atoms with Crippen molar-refractivity contribution >= 4 is 5.97 Å². The number of ether oxygens (including phenoxy) is 1. The molecule has 0 aromatic heterocycles. The maximum atomic E-state index is 11.7. The number of carbonyl (C=O) groups excluding carboxylic acids is 1. The number of hydrogen-bond acceptors (Lipinski definition) is 4. The summed E-state index contributed by atoms with van der Waals surface area (Å²) in [6.45, 7) is 2.03. The average molecular weight is 269 g/mol. The van der Waals surface area contributed by atoms with Crippen LogP contribution in [0.4, 0.5) is 0 Å². The molecule has 0 bridgehead atoms. The molecule has 0 aliphatic heterocycles. The highest BCUT2D eigenvalue weighted by Gasteiger charge is 2.50. The lowest BCUT2D eigenvalue weighted by Crippen LogP contribution is -2.31. The first-order chi connectivity index (χ1) is 9.04. The summed E-state index contributed by atoms with van der Waals surface area (Å²) in [6.07, 6.45) is 6.69. The number of hydrogen-bond donors (Lipinski definition) is 0. The van der Waals surface area contributed by atoms with Crippen LogP contribution < -0.4 is 0 Å². The minimum Gasteiger partial charge on any atom is -0.466 e. The van der Waals surface area contributed by atoms with Gasteiger partial charge in [-0.25, -0.2) is 0 Å². The Bertz CT molecular complexity index is 341. The van der Waals surface area contributed by atoms with Crippen molar-refractivity contribution in [1.82, 2.24) is 0 Å². The monoisotopic (exact) mass is 269 g/mol. The minimum absolute atomic E-state index is 0.0845. The third kappa shape index (κ3) is 3.45. The zero-order valence-corrected chi connectivity index (χ0v) is 11.6. The Labute approximate surface area is 113 Å². The molecule has 0 radical (unpaired) electrons. The van der Waals surface area contributed by atoms with E-state index in [4.69, 9.17) is 4.74 Å². The molecule has 0 spiro atoms. The quantitative estimate of drug-likeness (QED) is 0.437. The van der Waals surface area contributed by atoms with Crippen molar-refractivity contribution in [2.45, 2.75) is 51.9 Å². The van der Waals surface area contributed by atoms with Crippen molar-refractivity contribution in [2.24, 2.45) is 17.3 Å². The van der Waals surface area contributed by atoms with Gasteiger partial charge in [-0.2, -0.15) is 0 Å². The molecule has 0 N–H and O–H groups in total. The van der Waals surface area contributed by atoms with Gasteiger partial charge < -0.3 is 4.74 Å². The van der Waals surface area contributed by atoms with Crippen molar-refractivity contribution in [3.8, 4) is 0 Å². The van der Waals surface area contributed by atoms with Crippen molar-refractivity contribution in [1.29, 1.82) is 0 Å². The van der Waals surface area contributed by atoms with E-state index in [-0.39, 0.29) is 23.9 Å². The summed E-state index contributed by atoms with van der Waals surface area (Å²) in [5, 5.41) is 11.0. The highest BCUT2D eigenvalue weighted by atomic mass is 16.6. The largest absolute Gasteiger partial charge is 0.466 e. The van der Waals surface area contributed by atoms with Gasteiger partial charge in [-0.3, -0.25) is 14.9 Å². The summed E-state index contributed by atoms with van der Waals surface area (Å²) in [7, 11) is 0. The van der Waals surface area contributed by atoms with E-state index in [2.05, 4.69) is 0 Å². The molecule has 5 heteroatoms. The van der Waals surface area contributed by atoms with E-state index in [1.165, 1.54) is 25.7 Å². The van der Waals surface area contributed by atoms with Gasteiger partial charge in [0, 0.05) is 10.3 Å². The maximum absolute atomic E-state index is 11.7. The summed E-state index contributed by atoms with van der Waals surface area (Å²) >= 11 is 0. The third-order valence-corrected chi connectivity index (χ3v) is 4.75. The molecule has 2 saturated carbocycles. The SMILES string of the molecule is CCOC(=O)CC1(C[N+](=O)[O-])C[C@H]2CCCC[C@@H]2C1. The molecule has 19 heavy (non-hydrogen) atoms. The lowest BCUT2D eigenvalue weighted by atomic mass is 9.81. The standard InChI is InChI=1S/C14H23NO4/c1-2-19-13(16)9-14(10-15(17)18)7-11-5-3-4-6-12(11)8-14/h11-12H,2-10H2,1H3/t11-,12-/m1/s1. The number of esters is 1. The normalized spacial score (nSPS) is 28.7. The summed E-state index contributed by atoms with van der Waals surface area (Å²) in [6, 6.07) is 0. The Balaban J connectivity index is 2.07. The van der Waals surface area contributed by atoms with Crippen LogP contribution in [0.5, 0.6) is 0 Å². The van der Waals surface area contributed by atoms with Crippen LogP contribution in [0.1, 0.15) is 51.9 Å². The second-order valence-electron chi connectivity index (χ2n) is 6.19. The van der Waals surface area contributed by atoms with E-state index in [1.807, 2.05) is 0 Å². The number of carbonyl (C=O) groups is 1. The fourth-order valence-corrected chi connectivity index (χ4v) is 4.14. The van der Waals surface area contributed by atoms with Crippen molar-refractivity contribution in [2.75, 3.05) is 13.2 Å². The van der Waals surface area contributed by atoms with Crippen LogP contribution in [0, 0.1) is 27.4 Å². The van der Waals surface area contributed by atoms with Gasteiger partial charge in [0.15, 0.2) is 0 Å². The van der Waals surface area contributed by atoms with E-state index in [9.17, 15) is 14.9 Å². The Morgan fingerprint density at radius 2 is 1.89 bits per heavy atom. The van der Waals surface area contributed by atoms with Crippen LogP contribution in [0.15, 0.2) is 0 Å². The zero-order valence-electron chi connectivity index (χ0n) is 11.6. The fraction of sp³-hybridized carbons (Fsp3) is 0.929. The minimum atomic E-state index is -0.449. The topological polar surface area (TPSA) is 69.4 Å². The number of rotatable bonds is 5. The maximum Gasteiger partial charge on any atom is 0.306 e. The molecule has 2 aliphatic carbocycles. The molecule has 0 aromatic carbocycles. The molecular weight excluding hydrogens is 246 g/mol. The summed E-state index contributed by atoms with van der Waals surface area (Å²) in [4.78, 5) is 22.5. The Morgan fingerprint density at radius 1 is 1.32 bits per heavy atom. The first-order valence-corrected chi connectivity index (χ1v) is 7.32. The predicted octanol–water partition coefficient (Wildman–Crippen LogP) is 2.80. The molecule has 0 aromatic rings. The highest BCUT2D eigenvalue weighted by molar-refractivity contribution is 5.70. The summed E-state index contributed by atoms with van der Waals surface area (Å²) in [5.74, 6) is 0.897. The molecule has 2 atom stereocenters. The van der Waals surface area contributed by atoms with Gasteiger partial charge in [0.05, 0.1) is 13.0 Å². The van der Waals surface area contributed by atoms with Gasteiger partial charge in [0.2, 0.25) is 6.54 Å². The van der Waals surface area contributed by atoms with E-state index in [0.717, 1.165) is 12.8 Å². The van der Waals surface area contributed by atoms with Crippen molar-refractivity contribution in [3.05, 3.63) is 10.1 Å². The van der Waals surface area contributed by atoms with E-state index in [0.29, 0.717) is 18.4 Å². The molecule has 5 nitrogen and oxygen atoms in total. The van der Waals surface area contributed by atoms with Crippen LogP contribution in [0.25, 0.3) is 0 Å². The van der Waals surface area contributed by atoms with Crippen molar-refractivity contribution < 1.29 is 14.5 Å². The number of nitro groups is 1. The lowest BCUT2D eigenvalue weighted by Gasteiger charge is -2.24.